The molecule has 1 atom stereocenters. The van der Waals surface area contributed by atoms with E-state index in [2.05, 4.69) is 17.1 Å². The Morgan fingerprint density at radius 3 is 2.58 bits per heavy atom. The molecular formula is C25H29N3O3. The van der Waals surface area contributed by atoms with Crippen LogP contribution in [0, 0.1) is 5.92 Å². The van der Waals surface area contributed by atoms with Crippen LogP contribution in [0.5, 0.6) is 0 Å². The fraction of sp³-hybridized carbons (Fsp3) is 0.400. The first kappa shape index (κ1) is 21.2. The van der Waals surface area contributed by atoms with E-state index in [4.69, 9.17) is 0 Å². The van der Waals surface area contributed by atoms with Crippen molar-refractivity contribution in [1.29, 1.82) is 0 Å². The second-order valence-electron chi connectivity index (χ2n) is 8.56. The summed E-state index contributed by atoms with van der Waals surface area (Å²) in [6.07, 6.45) is 3.08. The molecule has 0 bridgehead atoms. The topological polar surface area (TPSA) is 69.7 Å². The number of likely N-dealkylation sites (tertiary alicyclic amines) is 1. The van der Waals surface area contributed by atoms with Crippen LogP contribution in [0.3, 0.4) is 0 Å². The van der Waals surface area contributed by atoms with Crippen molar-refractivity contribution < 1.29 is 14.4 Å². The van der Waals surface area contributed by atoms with E-state index in [0.717, 1.165) is 25.2 Å². The number of carbonyl (C=O) groups excluding carboxylic acids is 3. The Bertz CT molecular complexity index is 973. The van der Waals surface area contributed by atoms with E-state index in [1.54, 1.807) is 18.2 Å². The SMILES string of the molecule is CC1CCCN(CCNC(=O)c2ccc3c(c2)C(=O)N(CCc2ccccc2)C3=O)C1. The molecule has 3 amide bonds. The first-order valence-electron chi connectivity index (χ1n) is 11.1. The van der Waals surface area contributed by atoms with Gasteiger partial charge < -0.3 is 10.2 Å². The van der Waals surface area contributed by atoms with Gasteiger partial charge in [-0.25, -0.2) is 0 Å². The van der Waals surface area contributed by atoms with Crippen molar-refractivity contribution in [2.75, 3.05) is 32.7 Å². The zero-order chi connectivity index (χ0) is 21.8. The summed E-state index contributed by atoms with van der Waals surface area (Å²) in [7, 11) is 0. The van der Waals surface area contributed by atoms with Gasteiger partial charge in [0, 0.05) is 31.7 Å². The lowest BCUT2D eigenvalue weighted by Crippen LogP contribution is -2.40. The third-order valence-electron chi connectivity index (χ3n) is 6.15. The highest BCUT2D eigenvalue weighted by molar-refractivity contribution is 6.22. The van der Waals surface area contributed by atoms with Crippen molar-refractivity contribution in [1.82, 2.24) is 15.1 Å². The normalized spacial score (nSPS) is 18.9. The van der Waals surface area contributed by atoms with Crippen LogP contribution in [-0.4, -0.2) is 60.2 Å². The monoisotopic (exact) mass is 419 g/mol. The molecule has 0 radical (unpaired) electrons. The highest BCUT2D eigenvalue weighted by Crippen LogP contribution is 2.24. The molecule has 2 aromatic rings. The minimum atomic E-state index is -0.326. The molecule has 6 heteroatoms. The first-order chi connectivity index (χ1) is 15.0. The Morgan fingerprint density at radius 2 is 1.81 bits per heavy atom. The van der Waals surface area contributed by atoms with E-state index in [-0.39, 0.29) is 17.7 Å². The van der Waals surface area contributed by atoms with Gasteiger partial charge in [0.25, 0.3) is 17.7 Å². The second kappa shape index (κ2) is 9.43. The van der Waals surface area contributed by atoms with Crippen LogP contribution in [0.4, 0.5) is 0 Å². The van der Waals surface area contributed by atoms with E-state index in [0.29, 0.717) is 42.1 Å². The highest BCUT2D eigenvalue weighted by atomic mass is 16.2. The fourth-order valence-corrected chi connectivity index (χ4v) is 4.44. The molecule has 1 N–H and O–H groups in total. The maximum Gasteiger partial charge on any atom is 0.261 e. The van der Waals surface area contributed by atoms with Crippen molar-refractivity contribution in [3.63, 3.8) is 0 Å². The maximum atomic E-state index is 12.8. The van der Waals surface area contributed by atoms with E-state index in [1.807, 2.05) is 30.3 Å². The Balaban J connectivity index is 1.35. The van der Waals surface area contributed by atoms with Crippen LogP contribution in [0.2, 0.25) is 0 Å². The van der Waals surface area contributed by atoms with Crippen molar-refractivity contribution in [3.05, 3.63) is 70.8 Å². The van der Waals surface area contributed by atoms with Gasteiger partial charge in [0.2, 0.25) is 0 Å². The van der Waals surface area contributed by atoms with E-state index >= 15 is 0 Å². The molecule has 162 valence electrons. The Kier molecular flexibility index (Phi) is 6.47. The minimum Gasteiger partial charge on any atom is -0.351 e. The Hall–Kier alpha value is -2.99. The van der Waals surface area contributed by atoms with E-state index in [9.17, 15) is 14.4 Å². The van der Waals surface area contributed by atoms with Crippen molar-refractivity contribution in [2.45, 2.75) is 26.2 Å². The average molecular weight is 420 g/mol. The Labute approximate surface area is 183 Å². The lowest BCUT2D eigenvalue weighted by atomic mass is 10.0. The third kappa shape index (κ3) is 4.85. The van der Waals surface area contributed by atoms with Crippen LogP contribution in [0.15, 0.2) is 48.5 Å². The summed E-state index contributed by atoms with van der Waals surface area (Å²) >= 11 is 0. The minimum absolute atomic E-state index is 0.212. The molecule has 1 fully saturated rings. The number of nitrogens with one attached hydrogen (secondary N) is 1. The van der Waals surface area contributed by atoms with Gasteiger partial charge in [0.1, 0.15) is 0 Å². The number of fused-ring (bicyclic) bond motifs is 1. The van der Waals surface area contributed by atoms with Crippen LogP contribution >= 0.6 is 0 Å². The number of carbonyl (C=O) groups is 3. The van der Waals surface area contributed by atoms with Gasteiger partial charge in [-0.05, 0) is 55.5 Å². The molecule has 2 aliphatic rings. The van der Waals surface area contributed by atoms with Gasteiger partial charge in [-0.2, -0.15) is 0 Å². The molecule has 0 aromatic heterocycles. The van der Waals surface area contributed by atoms with Crippen molar-refractivity contribution in [2.24, 2.45) is 5.92 Å². The van der Waals surface area contributed by atoms with Gasteiger partial charge in [-0.1, -0.05) is 37.3 Å². The number of benzene rings is 2. The average Bonchev–Trinajstić information content (AvgIpc) is 3.02. The fourth-order valence-electron chi connectivity index (χ4n) is 4.44. The smallest absolute Gasteiger partial charge is 0.261 e. The maximum absolute atomic E-state index is 12.8. The highest BCUT2D eigenvalue weighted by Gasteiger charge is 2.35. The van der Waals surface area contributed by atoms with Crippen molar-refractivity contribution in [3.8, 4) is 0 Å². The van der Waals surface area contributed by atoms with Gasteiger partial charge in [-0.15, -0.1) is 0 Å². The summed E-state index contributed by atoms with van der Waals surface area (Å²) in [5.41, 5.74) is 2.17. The van der Waals surface area contributed by atoms with Gasteiger partial charge in [-0.3, -0.25) is 19.3 Å². The number of hydrogen-bond donors (Lipinski definition) is 1. The largest absolute Gasteiger partial charge is 0.351 e. The number of hydrogen-bond acceptors (Lipinski definition) is 4. The van der Waals surface area contributed by atoms with Crippen LogP contribution < -0.4 is 5.32 Å². The molecule has 1 saturated heterocycles. The number of rotatable bonds is 7. The molecule has 0 aliphatic carbocycles. The molecule has 6 nitrogen and oxygen atoms in total. The molecule has 2 aromatic carbocycles. The zero-order valence-electron chi connectivity index (χ0n) is 18.0. The standard InChI is InChI=1S/C25H29N3O3/c1-18-6-5-13-27(17-18)15-12-26-23(29)20-9-10-21-22(16-20)25(31)28(24(21)30)14-11-19-7-3-2-4-8-19/h2-4,7-10,16,18H,5-6,11-15,17H2,1H3,(H,26,29). The first-order valence-corrected chi connectivity index (χ1v) is 11.1. The molecule has 4 rings (SSSR count). The molecule has 31 heavy (non-hydrogen) atoms. The molecule has 0 saturated carbocycles. The molecule has 0 spiro atoms. The third-order valence-corrected chi connectivity index (χ3v) is 6.15. The summed E-state index contributed by atoms with van der Waals surface area (Å²) in [5.74, 6) is -0.125. The van der Waals surface area contributed by atoms with Crippen LogP contribution in [0.1, 0.15) is 56.4 Å². The van der Waals surface area contributed by atoms with Crippen LogP contribution in [0.25, 0.3) is 0 Å². The quantitative estimate of drug-likeness (QED) is 0.701. The van der Waals surface area contributed by atoms with Gasteiger partial charge in [0.15, 0.2) is 0 Å². The zero-order valence-corrected chi connectivity index (χ0v) is 18.0. The van der Waals surface area contributed by atoms with Crippen molar-refractivity contribution >= 4 is 17.7 Å². The summed E-state index contributed by atoms with van der Waals surface area (Å²) in [6.45, 7) is 6.13. The second-order valence-corrected chi connectivity index (χ2v) is 8.56. The summed E-state index contributed by atoms with van der Waals surface area (Å²) in [4.78, 5) is 41.7. The molecule has 2 heterocycles. The van der Waals surface area contributed by atoms with Gasteiger partial charge >= 0.3 is 0 Å². The summed E-state index contributed by atoms with van der Waals surface area (Å²) < 4.78 is 0. The van der Waals surface area contributed by atoms with E-state index < -0.39 is 0 Å². The van der Waals surface area contributed by atoms with Gasteiger partial charge in [0.05, 0.1) is 11.1 Å². The Morgan fingerprint density at radius 1 is 1.03 bits per heavy atom. The lowest BCUT2D eigenvalue weighted by molar-refractivity contribution is 0.0656. The molecular weight excluding hydrogens is 390 g/mol. The summed E-state index contributed by atoms with van der Waals surface area (Å²) in [6, 6.07) is 14.5. The number of nitrogens with zero attached hydrogens (tertiary/aromatic N) is 2. The number of imide groups is 1. The van der Waals surface area contributed by atoms with Crippen LogP contribution in [-0.2, 0) is 6.42 Å². The van der Waals surface area contributed by atoms with E-state index in [1.165, 1.54) is 17.7 Å². The molecule has 1 unspecified atom stereocenters. The number of amides is 3. The number of piperidine rings is 1. The predicted octanol–water partition coefficient (Wildman–Crippen LogP) is 2.99. The predicted molar refractivity (Wildman–Crippen MR) is 119 cm³/mol. The lowest BCUT2D eigenvalue weighted by Gasteiger charge is -2.30. The molecule has 2 aliphatic heterocycles. The summed E-state index contributed by atoms with van der Waals surface area (Å²) in [5, 5.41) is 2.95.